The van der Waals surface area contributed by atoms with E-state index in [-0.39, 0.29) is 18.5 Å². The summed E-state index contributed by atoms with van der Waals surface area (Å²) < 4.78 is 5.45. The monoisotopic (exact) mass is 972 g/mol. The van der Waals surface area contributed by atoms with Crippen LogP contribution in [0.5, 0.6) is 0 Å². The molecule has 69 heavy (non-hydrogen) atoms. The van der Waals surface area contributed by atoms with Gasteiger partial charge in [-0.05, 0) is 70.6 Å². The molecule has 0 spiro atoms. The minimum atomic E-state index is -0.674. The molecule has 0 aliphatic carbocycles. The van der Waals surface area contributed by atoms with E-state index in [1.807, 2.05) is 0 Å². The summed E-state index contributed by atoms with van der Waals surface area (Å²) in [5.41, 5.74) is 0. The van der Waals surface area contributed by atoms with E-state index < -0.39 is 12.1 Å². The fraction of sp³-hybridized carbons (Fsp3) is 0.905. The summed E-state index contributed by atoms with van der Waals surface area (Å²) >= 11 is 0. The Kier molecular flexibility index (Phi) is 57.5. The van der Waals surface area contributed by atoms with E-state index in [1.54, 1.807) is 0 Å². The SMILES string of the molecule is CCCC/C=C\CCCCCCCC(=O)OCCCCCCCCCCC/C=C\CCCCCCCC(=O)NC(CO)C(O)CCCCCCCCCCCCCCCCCCCCCCCCC. The zero-order valence-electron chi connectivity index (χ0n) is 46.6. The number of amides is 1. The lowest BCUT2D eigenvalue weighted by Gasteiger charge is -2.22. The topological polar surface area (TPSA) is 95.9 Å². The van der Waals surface area contributed by atoms with Crippen molar-refractivity contribution in [3.05, 3.63) is 24.3 Å². The molecule has 2 unspecified atom stereocenters. The normalized spacial score (nSPS) is 12.7. The number of ether oxygens (including phenoxy) is 1. The standard InChI is InChI=1S/C63H121NO5/c1-3-5-7-9-11-13-15-16-17-18-19-20-21-22-23-26-29-32-36-39-43-47-51-55-61(66)60(59-65)64-62(67)56-52-48-44-40-37-33-30-27-24-25-28-31-34-38-42-46-50-54-58-69-63(68)57-53-49-45-41-35-14-12-10-8-6-4-2/h10,12,27,30,60-61,65-66H,3-9,11,13-26,28-29,31-59H2,1-2H3,(H,64,67)/b12-10-,30-27-. The second-order valence-corrected chi connectivity index (χ2v) is 21.4. The predicted octanol–water partition coefficient (Wildman–Crippen LogP) is 19.4. The van der Waals surface area contributed by atoms with E-state index in [1.165, 1.54) is 250 Å². The van der Waals surface area contributed by atoms with Crippen molar-refractivity contribution in [1.29, 1.82) is 0 Å². The van der Waals surface area contributed by atoms with Crippen molar-refractivity contribution in [1.82, 2.24) is 5.32 Å². The molecule has 0 bridgehead atoms. The minimum Gasteiger partial charge on any atom is -0.466 e. The first-order valence-electron chi connectivity index (χ1n) is 31.1. The van der Waals surface area contributed by atoms with Crippen molar-refractivity contribution in [2.45, 2.75) is 353 Å². The Morgan fingerprint density at radius 3 is 1.07 bits per heavy atom. The molecule has 2 atom stereocenters. The summed E-state index contributed by atoms with van der Waals surface area (Å²) in [7, 11) is 0. The van der Waals surface area contributed by atoms with Crippen LogP contribution in [0.15, 0.2) is 24.3 Å². The maximum Gasteiger partial charge on any atom is 0.305 e. The number of carbonyl (C=O) groups excluding carboxylic acids is 2. The lowest BCUT2D eigenvalue weighted by Crippen LogP contribution is -2.45. The zero-order valence-corrected chi connectivity index (χ0v) is 46.6. The lowest BCUT2D eigenvalue weighted by atomic mass is 10.0. The maximum atomic E-state index is 12.5. The average molecular weight is 973 g/mol. The van der Waals surface area contributed by atoms with Crippen molar-refractivity contribution in [3.63, 3.8) is 0 Å². The molecule has 408 valence electrons. The highest BCUT2D eigenvalue weighted by Gasteiger charge is 2.20. The van der Waals surface area contributed by atoms with Crippen LogP contribution in [0.25, 0.3) is 0 Å². The van der Waals surface area contributed by atoms with Crippen molar-refractivity contribution >= 4 is 11.9 Å². The first kappa shape index (κ1) is 67.3. The molecular weight excluding hydrogens is 851 g/mol. The zero-order chi connectivity index (χ0) is 50.0. The van der Waals surface area contributed by atoms with Crippen molar-refractivity contribution < 1.29 is 24.5 Å². The number of hydrogen-bond donors (Lipinski definition) is 3. The van der Waals surface area contributed by atoms with E-state index >= 15 is 0 Å². The minimum absolute atomic E-state index is 0.00754. The van der Waals surface area contributed by atoms with Crippen LogP contribution in [-0.4, -0.2) is 47.4 Å². The second kappa shape index (κ2) is 58.9. The molecule has 0 aromatic carbocycles. The third-order valence-corrected chi connectivity index (χ3v) is 14.5. The van der Waals surface area contributed by atoms with Gasteiger partial charge >= 0.3 is 5.97 Å². The van der Waals surface area contributed by atoms with Crippen LogP contribution in [0.2, 0.25) is 0 Å². The summed E-state index contributed by atoms with van der Waals surface area (Å²) in [5.74, 6) is -0.0536. The molecule has 0 aromatic heterocycles. The summed E-state index contributed by atoms with van der Waals surface area (Å²) in [6.07, 6.45) is 71.9. The fourth-order valence-corrected chi connectivity index (χ4v) is 9.68. The van der Waals surface area contributed by atoms with Gasteiger partial charge in [0.05, 0.1) is 25.4 Å². The van der Waals surface area contributed by atoms with Crippen molar-refractivity contribution in [2.75, 3.05) is 13.2 Å². The van der Waals surface area contributed by atoms with E-state index in [9.17, 15) is 19.8 Å². The lowest BCUT2D eigenvalue weighted by molar-refractivity contribution is -0.143. The van der Waals surface area contributed by atoms with Crippen LogP contribution in [0.4, 0.5) is 0 Å². The molecule has 0 rings (SSSR count). The first-order chi connectivity index (χ1) is 34.0. The number of esters is 1. The van der Waals surface area contributed by atoms with Crippen LogP contribution in [-0.2, 0) is 14.3 Å². The fourth-order valence-electron chi connectivity index (χ4n) is 9.68. The van der Waals surface area contributed by atoms with Gasteiger partial charge in [-0.25, -0.2) is 0 Å². The van der Waals surface area contributed by atoms with Gasteiger partial charge in [-0.1, -0.05) is 282 Å². The Balaban J connectivity index is 3.45. The highest BCUT2D eigenvalue weighted by atomic mass is 16.5. The van der Waals surface area contributed by atoms with Gasteiger partial charge in [-0.3, -0.25) is 9.59 Å². The van der Waals surface area contributed by atoms with E-state index in [0.29, 0.717) is 25.9 Å². The van der Waals surface area contributed by atoms with E-state index in [2.05, 4.69) is 43.5 Å². The third kappa shape index (κ3) is 55.5. The quantitative estimate of drug-likeness (QED) is 0.0321. The van der Waals surface area contributed by atoms with Crippen molar-refractivity contribution in [3.8, 4) is 0 Å². The number of nitrogens with one attached hydrogen (secondary N) is 1. The Labute approximate surface area is 431 Å². The molecule has 0 fully saturated rings. The van der Waals surface area contributed by atoms with Crippen LogP contribution in [0.1, 0.15) is 341 Å². The molecule has 6 heteroatoms. The van der Waals surface area contributed by atoms with Gasteiger partial charge in [0.15, 0.2) is 0 Å². The molecule has 0 heterocycles. The molecule has 0 aliphatic rings. The average Bonchev–Trinajstić information content (AvgIpc) is 3.35. The second-order valence-electron chi connectivity index (χ2n) is 21.4. The highest BCUT2D eigenvalue weighted by molar-refractivity contribution is 5.76. The van der Waals surface area contributed by atoms with Crippen molar-refractivity contribution in [2.24, 2.45) is 0 Å². The van der Waals surface area contributed by atoms with Crippen LogP contribution in [0, 0.1) is 0 Å². The van der Waals surface area contributed by atoms with Gasteiger partial charge in [0.25, 0.3) is 0 Å². The molecule has 1 amide bonds. The molecule has 0 aliphatic heterocycles. The highest BCUT2D eigenvalue weighted by Crippen LogP contribution is 2.18. The summed E-state index contributed by atoms with van der Waals surface area (Å²) in [4.78, 5) is 24.5. The molecule has 0 saturated heterocycles. The molecule has 0 saturated carbocycles. The number of aliphatic hydroxyl groups is 2. The van der Waals surface area contributed by atoms with Gasteiger partial charge in [0.2, 0.25) is 5.91 Å². The number of aliphatic hydroxyl groups excluding tert-OH is 2. The van der Waals surface area contributed by atoms with Crippen LogP contribution < -0.4 is 5.32 Å². The predicted molar refractivity (Wildman–Crippen MR) is 301 cm³/mol. The molecule has 0 aromatic rings. The molecule has 6 nitrogen and oxygen atoms in total. The summed E-state index contributed by atoms with van der Waals surface area (Å²) in [6, 6.07) is -0.553. The largest absolute Gasteiger partial charge is 0.466 e. The molecular formula is C63H121NO5. The number of rotatable bonds is 58. The molecule has 0 radical (unpaired) electrons. The van der Waals surface area contributed by atoms with Crippen LogP contribution in [0.3, 0.4) is 0 Å². The van der Waals surface area contributed by atoms with Gasteiger partial charge in [0, 0.05) is 12.8 Å². The van der Waals surface area contributed by atoms with E-state index in [4.69, 9.17) is 4.74 Å². The Morgan fingerprint density at radius 2 is 0.696 bits per heavy atom. The summed E-state index contributed by atoms with van der Waals surface area (Å²) in [5, 5.41) is 23.4. The number of hydrogen-bond acceptors (Lipinski definition) is 5. The Hall–Kier alpha value is -1.66. The third-order valence-electron chi connectivity index (χ3n) is 14.5. The number of carbonyl (C=O) groups is 2. The molecule has 3 N–H and O–H groups in total. The Morgan fingerprint density at radius 1 is 0.391 bits per heavy atom. The number of unbranched alkanes of at least 4 members (excludes halogenated alkanes) is 43. The van der Waals surface area contributed by atoms with E-state index in [0.717, 1.165) is 57.8 Å². The van der Waals surface area contributed by atoms with Crippen LogP contribution >= 0.6 is 0 Å². The maximum absolute atomic E-state index is 12.5. The number of allylic oxidation sites excluding steroid dienone is 4. The van der Waals surface area contributed by atoms with Gasteiger partial charge in [-0.15, -0.1) is 0 Å². The smallest absolute Gasteiger partial charge is 0.305 e. The van der Waals surface area contributed by atoms with Gasteiger partial charge < -0.3 is 20.3 Å². The van der Waals surface area contributed by atoms with Gasteiger partial charge in [0.1, 0.15) is 0 Å². The summed E-state index contributed by atoms with van der Waals surface area (Å²) in [6.45, 7) is 4.92. The Bertz CT molecular complexity index is 1080. The van der Waals surface area contributed by atoms with Gasteiger partial charge in [-0.2, -0.15) is 0 Å². The first-order valence-corrected chi connectivity index (χ1v) is 31.1.